The third-order valence-electron chi connectivity index (χ3n) is 4.10. The van der Waals surface area contributed by atoms with Gasteiger partial charge >= 0.3 is 0 Å². The number of hydrogen-bond donors (Lipinski definition) is 1. The van der Waals surface area contributed by atoms with Gasteiger partial charge in [-0.05, 0) is 23.6 Å². The predicted octanol–water partition coefficient (Wildman–Crippen LogP) is 4.35. The number of rotatable bonds is 6. The van der Waals surface area contributed by atoms with Crippen LogP contribution in [0.2, 0.25) is 0 Å². The van der Waals surface area contributed by atoms with Crippen molar-refractivity contribution < 1.29 is 14.1 Å². The van der Waals surface area contributed by atoms with Crippen molar-refractivity contribution in [1.29, 1.82) is 0 Å². The first kappa shape index (κ1) is 18.2. The Bertz CT molecular complexity index is 1120. The molecule has 4 aromatic rings. The summed E-state index contributed by atoms with van der Waals surface area (Å²) in [6.45, 7) is 0.0410. The van der Waals surface area contributed by atoms with Crippen molar-refractivity contribution >= 4 is 32.6 Å². The lowest BCUT2D eigenvalue weighted by atomic mass is 10.1. The van der Waals surface area contributed by atoms with Crippen LogP contribution in [0.1, 0.15) is 5.89 Å². The zero-order valence-electron chi connectivity index (χ0n) is 14.8. The average Bonchev–Trinajstić information content (AvgIpc) is 3.20. The normalized spacial score (nSPS) is 10.8. The number of carbonyl (C=O) groups excluding carboxylic acids is 1. The van der Waals surface area contributed by atoms with Crippen LogP contribution in [0.4, 0.5) is 0 Å². The van der Waals surface area contributed by atoms with Crippen LogP contribution in [0, 0.1) is 0 Å². The molecule has 6 nitrogen and oxygen atoms in total. The highest BCUT2D eigenvalue weighted by atomic mass is 79.9. The smallest absolute Gasteiger partial charge is 0.258 e. The highest BCUT2D eigenvalue weighted by molar-refractivity contribution is 9.10. The van der Waals surface area contributed by atoms with Crippen molar-refractivity contribution in [1.82, 2.24) is 15.5 Å². The van der Waals surface area contributed by atoms with Gasteiger partial charge in [-0.25, -0.2) is 0 Å². The first-order valence-electron chi connectivity index (χ1n) is 8.65. The summed E-state index contributed by atoms with van der Waals surface area (Å²) in [6.07, 6.45) is 0. The van der Waals surface area contributed by atoms with Crippen LogP contribution in [-0.4, -0.2) is 22.7 Å². The molecule has 7 heteroatoms. The molecule has 1 aromatic heterocycles. The molecule has 0 spiro atoms. The molecule has 0 aliphatic rings. The van der Waals surface area contributed by atoms with Crippen molar-refractivity contribution in [3.63, 3.8) is 0 Å². The van der Waals surface area contributed by atoms with Crippen molar-refractivity contribution in [2.75, 3.05) is 6.61 Å². The molecule has 0 radical (unpaired) electrons. The molecule has 0 aliphatic heterocycles. The first-order valence-corrected chi connectivity index (χ1v) is 9.44. The molecule has 0 atom stereocenters. The van der Waals surface area contributed by atoms with Crippen molar-refractivity contribution in [2.24, 2.45) is 0 Å². The monoisotopic (exact) mass is 437 g/mol. The fourth-order valence-electron chi connectivity index (χ4n) is 2.76. The fourth-order valence-corrected chi connectivity index (χ4v) is 3.16. The van der Waals surface area contributed by atoms with Crippen LogP contribution in [0.25, 0.3) is 22.2 Å². The summed E-state index contributed by atoms with van der Waals surface area (Å²) in [5.74, 6) is 1.20. The minimum Gasteiger partial charge on any atom is -0.483 e. The Morgan fingerprint density at radius 2 is 1.89 bits per heavy atom. The topological polar surface area (TPSA) is 77.2 Å². The Kier molecular flexibility index (Phi) is 5.34. The molecule has 0 aliphatic carbocycles. The van der Waals surface area contributed by atoms with Crippen LogP contribution in [0.5, 0.6) is 5.75 Å². The summed E-state index contributed by atoms with van der Waals surface area (Å²) in [7, 11) is 0. The van der Waals surface area contributed by atoms with Crippen molar-refractivity contribution in [2.45, 2.75) is 6.54 Å². The molecule has 1 heterocycles. The van der Waals surface area contributed by atoms with E-state index >= 15 is 0 Å². The summed E-state index contributed by atoms with van der Waals surface area (Å²) >= 11 is 3.41. The lowest BCUT2D eigenvalue weighted by Crippen LogP contribution is -2.28. The molecule has 3 aromatic carbocycles. The Hall–Kier alpha value is -3.19. The number of halogens is 1. The summed E-state index contributed by atoms with van der Waals surface area (Å²) in [6, 6.07) is 21.2. The number of hydrogen-bond acceptors (Lipinski definition) is 5. The van der Waals surface area contributed by atoms with E-state index in [1.807, 2.05) is 66.7 Å². The van der Waals surface area contributed by atoms with E-state index in [-0.39, 0.29) is 19.1 Å². The van der Waals surface area contributed by atoms with Gasteiger partial charge < -0.3 is 14.6 Å². The SMILES string of the molecule is O=C(COc1cccc2ccccc12)NCc1nc(-c2cccc(Br)c2)no1. The third kappa shape index (κ3) is 4.20. The van der Waals surface area contributed by atoms with Gasteiger partial charge in [0.1, 0.15) is 5.75 Å². The highest BCUT2D eigenvalue weighted by Gasteiger charge is 2.11. The lowest BCUT2D eigenvalue weighted by Gasteiger charge is -2.09. The predicted molar refractivity (Wildman–Crippen MR) is 109 cm³/mol. The van der Waals surface area contributed by atoms with Gasteiger partial charge in [0.25, 0.3) is 5.91 Å². The lowest BCUT2D eigenvalue weighted by molar-refractivity contribution is -0.123. The highest BCUT2D eigenvalue weighted by Crippen LogP contribution is 2.25. The summed E-state index contributed by atoms with van der Waals surface area (Å²) < 4.78 is 11.8. The van der Waals surface area contributed by atoms with Crippen LogP contribution in [0.3, 0.4) is 0 Å². The molecule has 1 N–H and O–H groups in total. The molecule has 140 valence electrons. The molecule has 0 unspecified atom stereocenters. The van der Waals surface area contributed by atoms with Gasteiger partial charge in [-0.2, -0.15) is 4.98 Å². The number of fused-ring (bicyclic) bond motifs is 1. The van der Waals surface area contributed by atoms with Gasteiger partial charge in [-0.1, -0.05) is 69.6 Å². The summed E-state index contributed by atoms with van der Waals surface area (Å²) in [5, 5.41) is 8.70. The first-order chi connectivity index (χ1) is 13.7. The Morgan fingerprint density at radius 3 is 2.79 bits per heavy atom. The molecule has 4 rings (SSSR count). The van der Waals surface area contributed by atoms with Crippen LogP contribution in [0.15, 0.2) is 75.7 Å². The quantitative estimate of drug-likeness (QED) is 0.485. The summed E-state index contributed by atoms with van der Waals surface area (Å²) in [5.41, 5.74) is 0.829. The van der Waals surface area contributed by atoms with Gasteiger partial charge in [-0.3, -0.25) is 4.79 Å². The molecule has 0 saturated carbocycles. The van der Waals surface area contributed by atoms with Crippen molar-refractivity contribution in [3.8, 4) is 17.1 Å². The van der Waals surface area contributed by atoms with Crippen molar-refractivity contribution in [3.05, 3.63) is 77.1 Å². The Labute approximate surface area is 169 Å². The molecular weight excluding hydrogens is 422 g/mol. The van der Waals surface area contributed by atoms with E-state index in [1.54, 1.807) is 0 Å². The second kappa shape index (κ2) is 8.22. The Balaban J connectivity index is 1.34. The largest absolute Gasteiger partial charge is 0.483 e. The van der Waals surface area contributed by atoms with E-state index in [9.17, 15) is 4.79 Å². The maximum absolute atomic E-state index is 12.1. The number of carbonyl (C=O) groups is 1. The second-order valence-electron chi connectivity index (χ2n) is 6.06. The zero-order chi connectivity index (χ0) is 19.3. The average molecular weight is 438 g/mol. The standard InChI is InChI=1S/C21H16BrN3O3/c22-16-8-3-7-15(11-16)21-24-20(28-25-21)12-23-19(26)13-27-18-10-4-6-14-5-1-2-9-17(14)18/h1-11H,12-13H2,(H,23,26). The molecule has 0 fully saturated rings. The summed E-state index contributed by atoms with van der Waals surface area (Å²) in [4.78, 5) is 16.4. The van der Waals surface area contributed by atoms with E-state index in [2.05, 4.69) is 31.4 Å². The van der Waals surface area contributed by atoms with Gasteiger partial charge in [0, 0.05) is 15.4 Å². The Morgan fingerprint density at radius 1 is 1.07 bits per heavy atom. The number of nitrogens with zero attached hydrogens (tertiary/aromatic N) is 2. The van der Waals surface area contributed by atoms with Gasteiger partial charge in [-0.15, -0.1) is 0 Å². The van der Waals surface area contributed by atoms with E-state index < -0.39 is 0 Å². The molecule has 0 saturated heterocycles. The van der Waals surface area contributed by atoms with E-state index in [0.29, 0.717) is 17.5 Å². The third-order valence-corrected chi connectivity index (χ3v) is 4.59. The number of amides is 1. The van der Waals surface area contributed by atoms with Gasteiger partial charge in [0.15, 0.2) is 6.61 Å². The molecule has 1 amide bonds. The van der Waals surface area contributed by atoms with E-state index in [1.165, 1.54) is 0 Å². The van der Waals surface area contributed by atoms with Gasteiger partial charge in [0.2, 0.25) is 11.7 Å². The fraction of sp³-hybridized carbons (Fsp3) is 0.0952. The number of ether oxygens (including phenoxy) is 1. The van der Waals surface area contributed by atoms with E-state index in [4.69, 9.17) is 9.26 Å². The van der Waals surface area contributed by atoms with Crippen LogP contribution < -0.4 is 10.1 Å². The zero-order valence-corrected chi connectivity index (χ0v) is 16.3. The number of aromatic nitrogens is 2. The second-order valence-corrected chi connectivity index (χ2v) is 6.98. The maximum Gasteiger partial charge on any atom is 0.258 e. The van der Waals surface area contributed by atoms with Gasteiger partial charge in [0.05, 0.1) is 6.54 Å². The van der Waals surface area contributed by atoms with E-state index in [0.717, 1.165) is 20.8 Å². The van der Waals surface area contributed by atoms with Crippen LogP contribution >= 0.6 is 15.9 Å². The minimum atomic E-state index is -0.268. The molecule has 0 bridgehead atoms. The molecular formula is C21H16BrN3O3. The maximum atomic E-state index is 12.1. The molecule has 28 heavy (non-hydrogen) atoms. The minimum absolute atomic E-state index is 0.0966. The number of nitrogens with one attached hydrogen (secondary N) is 1. The number of benzene rings is 3. The van der Waals surface area contributed by atoms with Crippen LogP contribution in [-0.2, 0) is 11.3 Å².